The number of alkyl halides is 3. The fraction of sp³-hybridized carbons (Fsp3) is 0.385. The Hall–Kier alpha value is -2.09. The maximum absolute atomic E-state index is 12.0. The number of para-hydroxylation sites is 1. The third-order valence-corrected chi connectivity index (χ3v) is 2.48. The van der Waals surface area contributed by atoms with E-state index in [0.29, 0.717) is 5.75 Å². The molecule has 5 nitrogen and oxygen atoms in total. The van der Waals surface area contributed by atoms with Crippen LogP contribution in [0.2, 0.25) is 0 Å². The van der Waals surface area contributed by atoms with Crippen molar-refractivity contribution in [3.05, 3.63) is 30.3 Å². The Labute approximate surface area is 119 Å². The molecule has 0 aliphatic rings. The first-order valence-electron chi connectivity index (χ1n) is 6.02. The molecule has 8 heteroatoms. The second kappa shape index (κ2) is 7.63. The summed E-state index contributed by atoms with van der Waals surface area (Å²) in [6.45, 7) is 0.0742. The van der Waals surface area contributed by atoms with Crippen LogP contribution < -0.4 is 10.1 Å². The second-order valence-electron chi connectivity index (χ2n) is 4.00. The Morgan fingerprint density at radius 2 is 1.86 bits per heavy atom. The number of halogens is 3. The molecule has 0 heterocycles. The summed E-state index contributed by atoms with van der Waals surface area (Å²) in [5.41, 5.74) is 0. The summed E-state index contributed by atoms with van der Waals surface area (Å²) in [6.07, 6.45) is -5.15. The van der Waals surface area contributed by atoms with E-state index in [-0.39, 0.29) is 13.0 Å². The van der Waals surface area contributed by atoms with Gasteiger partial charge < -0.3 is 14.8 Å². The van der Waals surface area contributed by atoms with Gasteiger partial charge in [-0.1, -0.05) is 18.2 Å². The highest BCUT2D eigenvalue weighted by atomic mass is 19.4. The van der Waals surface area contributed by atoms with Crippen molar-refractivity contribution in [2.75, 3.05) is 13.7 Å². The molecule has 1 aromatic rings. The average Bonchev–Trinajstić information content (AvgIpc) is 2.43. The van der Waals surface area contributed by atoms with Crippen LogP contribution in [0.4, 0.5) is 13.2 Å². The number of rotatable bonds is 6. The number of hydrogen-bond donors (Lipinski definition) is 1. The van der Waals surface area contributed by atoms with Crippen molar-refractivity contribution in [2.45, 2.75) is 18.6 Å². The van der Waals surface area contributed by atoms with Crippen LogP contribution in [-0.2, 0) is 14.3 Å². The van der Waals surface area contributed by atoms with Crippen molar-refractivity contribution in [2.24, 2.45) is 0 Å². The van der Waals surface area contributed by atoms with E-state index in [1.165, 1.54) is 7.05 Å². The molecule has 1 rings (SSSR count). The molecule has 116 valence electrons. The van der Waals surface area contributed by atoms with E-state index in [4.69, 9.17) is 4.74 Å². The van der Waals surface area contributed by atoms with Crippen LogP contribution in [-0.4, -0.2) is 37.8 Å². The van der Waals surface area contributed by atoms with Gasteiger partial charge in [0.05, 0.1) is 6.61 Å². The highest BCUT2D eigenvalue weighted by molar-refractivity contribution is 5.90. The summed E-state index contributed by atoms with van der Waals surface area (Å²) in [5.74, 6) is -3.26. The summed E-state index contributed by atoms with van der Waals surface area (Å²) in [4.78, 5) is 22.0. The summed E-state index contributed by atoms with van der Waals surface area (Å²) in [5, 5.41) is 2.47. The minimum absolute atomic E-state index is 0.0510. The molecule has 21 heavy (non-hydrogen) atoms. The Kier molecular flexibility index (Phi) is 6.16. The van der Waals surface area contributed by atoms with Gasteiger partial charge in [-0.2, -0.15) is 13.2 Å². The van der Waals surface area contributed by atoms with E-state index >= 15 is 0 Å². The van der Waals surface area contributed by atoms with Crippen molar-refractivity contribution >= 4 is 11.9 Å². The zero-order valence-corrected chi connectivity index (χ0v) is 11.1. The maximum Gasteiger partial charge on any atom is 0.491 e. The van der Waals surface area contributed by atoms with Gasteiger partial charge in [-0.05, 0) is 19.2 Å². The smallest absolute Gasteiger partial charge is 0.491 e. The quantitative estimate of drug-likeness (QED) is 0.640. The van der Waals surface area contributed by atoms with Gasteiger partial charge in [0.2, 0.25) is 0 Å². The Morgan fingerprint density at radius 1 is 1.24 bits per heavy atom. The van der Waals surface area contributed by atoms with Gasteiger partial charge >= 0.3 is 18.1 Å². The molecule has 0 bridgehead atoms. The van der Waals surface area contributed by atoms with Crippen molar-refractivity contribution in [1.82, 2.24) is 5.32 Å². The molecule has 0 aromatic heterocycles. The van der Waals surface area contributed by atoms with Crippen LogP contribution in [0.15, 0.2) is 30.3 Å². The van der Waals surface area contributed by atoms with Gasteiger partial charge in [0.15, 0.2) is 0 Å². The second-order valence-corrected chi connectivity index (χ2v) is 4.00. The molecule has 0 unspecified atom stereocenters. The average molecular weight is 305 g/mol. The van der Waals surface area contributed by atoms with E-state index in [1.54, 1.807) is 30.3 Å². The number of likely N-dealkylation sites (N-methyl/N-ethyl adjacent to an activating group) is 1. The van der Waals surface area contributed by atoms with E-state index in [9.17, 15) is 22.8 Å². The molecule has 0 saturated carbocycles. The number of esters is 2. The first kappa shape index (κ1) is 17.0. The molecule has 0 amide bonds. The lowest BCUT2D eigenvalue weighted by Gasteiger charge is -2.15. The van der Waals surface area contributed by atoms with E-state index in [0.717, 1.165) is 0 Å². The molecule has 1 aromatic carbocycles. The third kappa shape index (κ3) is 5.82. The lowest BCUT2D eigenvalue weighted by atomic mass is 10.2. The van der Waals surface area contributed by atoms with Crippen molar-refractivity contribution in [3.8, 4) is 5.75 Å². The maximum atomic E-state index is 12.0. The Balaban J connectivity index is 2.44. The molecule has 0 spiro atoms. The van der Waals surface area contributed by atoms with Crippen LogP contribution in [0.1, 0.15) is 6.42 Å². The van der Waals surface area contributed by atoms with Gasteiger partial charge in [-0.3, -0.25) is 0 Å². The minimum Gasteiger partial charge on any atom is -0.494 e. The zero-order chi connectivity index (χ0) is 15.9. The van der Waals surface area contributed by atoms with Crippen LogP contribution >= 0.6 is 0 Å². The molecular weight excluding hydrogens is 291 g/mol. The molecule has 1 N–H and O–H groups in total. The van der Waals surface area contributed by atoms with Gasteiger partial charge in [0.25, 0.3) is 0 Å². The van der Waals surface area contributed by atoms with Crippen LogP contribution in [0.25, 0.3) is 0 Å². The zero-order valence-electron chi connectivity index (χ0n) is 11.1. The van der Waals surface area contributed by atoms with Gasteiger partial charge in [-0.15, -0.1) is 0 Å². The van der Waals surface area contributed by atoms with E-state index < -0.39 is 24.2 Å². The SMILES string of the molecule is CN[C@H](CCOc1ccccc1)C(=O)OC(=O)C(F)(F)F. The lowest BCUT2D eigenvalue weighted by molar-refractivity contribution is -0.202. The Morgan fingerprint density at radius 3 is 2.38 bits per heavy atom. The number of hydrogen-bond acceptors (Lipinski definition) is 5. The minimum atomic E-state index is -5.20. The molecule has 0 aliphatic carbocycles. The number of carbonyl (C=O) groups excluding carboxylic acids is 2. The molecule has 1 atom stereocenters. The molecule has 0 saturated heterocycles. The monoisotopic (exact) mass is 305 g/mol. The highest BCUT2D eigenvalue weighted by Gasteiger charge is 2.43. The number of ether oxygens (including phenoxy) is 2. The first-order valence-corrected chi connectivity index (χ1v) is 6.02. The van der Waals surface area contributed by atoms with Crippen molar-refractivity contribution in [1.29, 1.82) is 0 Å². The summed E-state index contributed by atoms with van der Waals surface area (Å²) in [7, 11) is 1.37. The number of carbonyl (C=O) groups is 2. The number of nitrogens with one attached hydrogen (secondary N) is 1. The van der Waals surface area contributed by atoms with Gasteiger partial charge in [0, 0.05) is 6.42 Å². The van der Waals surface area contributed by atoms with Crippen LogP contribution in [0, 0.1) is 0 Å². The largest absolute Gasteiger partial charge is 0.494 e. The fourth-order valence-electron chi connectivity index (χ4n) is 1.41. The van der Waals surface area contributed by atoms with Crippen molar-refractivity contribution in [3.63, 3.8) is 0 Å². The van der Waals surface area contributed by atoms with Crippen molar-refractivity contribution < 1.29 is 32.2 Å². The van der Waals surface area contributed by atoms with E-state index in [1.807, 2.05) is 0 Å². The van der Waals surface area contributed by atoms with Gasteiger partial charge in [-0.25, -0.2) is 9.59 Å². The lowest BCUT2D eigenvalue weighted by Crippen LogP contribution is -2.40. The Bertz CT molecular complexity index is 476. The summed E-state index contributed by atoms with van der Waals surface area (Å²) in [6, 6.07) is 7.62. The topological polar surface area (TPSA) is 64.6 Å². The van der Waals surface area contributed by atoms with Gasteiger partial charge in [0.1, 0.15) is 11.8 Å². The highest BCUT2D eigenvalue weighted by Crippen LogP contribution is 2.17. The standard InChI is InChI=1S/C13H14F3NO4/c1-17-10(11(18)21-12(19)13(14,15)16)7-8-20-9-5-3-2-4-6-9/h2-6,10,17H,7-8H2,1H3/t10-/m1/s1. The third-order valence-electron chi connectivity index (χ3n) is 2.48. The summed E-state index contributed by atoms with van der Waals surface area (Å²) >= 11 is 0. The predicted octanol–water partition coefficient (Wildman–Crippen LogP) is 1.68. The first-order chi connectivity index (χ1) is 9.84. The molecule has 0 fully saturated rings. The van der Waals surface area contributed by atoms with Crippen LogP contribution in [0.3, 0.4) is 0 Å². The van der Waals surface area contributed by atoms with E-state index in [2.05, 4.69) is 10.1 Å². The van der Waals surface area contributed by atoms with Crippen LogP contribution in [0.5, 0.6) is 5.75 Å². The summed E-state index contributed by atoms with van der Waals surface area (Å²) < 4.78 is 45.0. The molecule has 0 aliphatic heterocycles. The molecular formula is C13H14F3NO4. The number of benzene rings is 1. The fourth-order valence-corrected chi connectivity index (χ4v) is 1.41. The predicted molar refractivity (Wildman–Crippen MR) is 66.6 cm³/mol. The molecule has 0 radical (unpaired) electrons. The normalized spacial score (nSPS) is 12.6.